The smallest absolute Gasteiger partial charge is 0.179 e. The highest BCUT2D eigenvalue weighted by Crippen LogP contribution is 2.38. The zero-order valence-corrected chi connectivity index (χ0v) is 13.3. The van der Waals surface area contributed by atoms with Crippen molar-refractivity contribution >= 4 is 6.34 Å². The lowest BCUT2D eigenvalue weighted by molar-refractivity contribution is 0.231. The summed E-state index contributed by atoms with van der Waals surface area (Å²) in [5.41, 5.74) is 9.36. The number of nitrogens with one attached hydrogen (secondary N) is 2. The topological polar surface area (TPSA) is 63.5 Å². The Morgan fingerprint density at radius 1 is 1.08 bits per heavy atom. The molecule has 2 aliphatic rings. The Balaban J connectivity index is 1.65. The Morgan fingerprint density at radius 3 is 2.46 bits per heavy atom. The molecule has 2 aromatic carbocycles. The lowest BCUT2D eigenvalue weighted by Gasteiger charge is -2.32. The number of aliphatic imine (C=N–C) groups is 1. The van der Waals surface area contributed by atoms with E-state index in [1.807, 2.05) is 18.2 Å². The molecular formula is C19H19N5. The minimum absolute atomic E-state index is 0.256. The van der Waals surface area contributed by atoms with E-state index in [1.165, 1.54) is 11.1 Å². The zero-order chi connectivity index (χ0) is 16.4. The van der Waals surface area contributed by atoms with Crippen LogP contribution in [-0.2, 0) is 5.66 Å². The first-order valence-electron chi connectivity index (χ1n) is 8.19. The van der Waals surface area contributed by atoms with Crippen LogP contribution in [0.4, 0.5) is 0 Å². The molecule has 0 amide bonds. The molecule has 120 valence electrons. The van der Waals surface area contributed by atoms with Crippen LogP contribution in [0.3, 0.4) is 0 Å². The fourth-order valence-electron chi connectivity index (χ4n) is 3.64. The van der Waals surface area contributed by atoms with Crippen molar-refractivity contribution in [1.29, 1.82) is 5.26 Å². The van der Waals surface area contributed by atoms with Gasteiger partial charge in [-0.3, -0.25) is 0 Å². The van der Waals surface area contributed by atoms with Gasteiger partial charge in [0.05, 0.1) is 6.34 Å². The monoisotopic (exact) mass is 317 g/mol. The minimum Gasteiger partial charge on any atom is -0.310 e. The molecule has 1 saturated heterocycles. The third-order valence-corrected chi connectivity index (χ3v) is 4.95. The maximum atomic E-state index is 9.15. The van der Waals surface area contributed by atoms with Gasteiger partial charge in [-0.2, -0.15) is 5.26 Å². The van der Waals surface area contributed by atoms with Crippen molar-refractivity contribution in [3.8, 4) is 17.3 Å². The molecule has 0 aliphatic carbocycles. The van der Waals surface area contributed by atoms with Crippen LogP contribution in [0.15, 0.2) is 59.6 Å². The molecule has 0 spiro atoms. The maximum Gasteiger partial charge on any atom is 0.179 e. The first kappa shape index (κ1) is 14.7. The van der Waals surface area contributed by atoms with Gasteiger partial charge >= 0.3 is 0 Å². The van der Waals surface area contributed by atoms with Crippen LogP contribution in [0, 0.1) is 17.4 Å². The fraction of sp³-hybridized carbons (Fsp3) is 0.263. The summed E-state index contributed by atoms with van der Waals surface area (Å²) < 4.78 is 0. The Hall–Kier alpha value is -2.84. The molecular weight excluding hydrogens is 298 g/mol. The maximum absolute atomic E-state index is 9.15. The molecule has 2 N–H and O–H groups in total. The first-order chi connectivity index (χ1) is 11.8. The van der Waals surface area contributed by atoms with Crippen molar-refractivity contribution in [2.24, 2.45) is 10.9 Å². The van der Waals surface area contributed by atoms with Crippen LogP contribution in [0.25, 0.3) is 11.1 Å². The normalized spacial score (nSPS) is 25.5. The molecule has 4 rings (SSSR count). The summed E-state index contributed by atoms with van der Waals surface area (Å²) >= 11 is 0. The van der Waals surface area contributed by atoms with Crippen molar-refractivity contribution in [2.45, 2.75) is 12.1 Å². The number of hydrogen-bond acceptors (Lipinski definition) is 5. The number of nitrogens with zero attached hydrogens (tertiary/aromatic N) is 3. The number of likely N-dealkylation sites (tertiary alicyclic amines) is 1. The molecule has 5 heteroatoms. The Bertz CT molecular complexity index is 778. The summed E-state index contributed by atoms with van der Waals surface area (Å²) in [6, 6.07) is 18.9. The van der Waals surface area contributed by atoms with Gasteiger partial charge in [0.25, 0.3) is 0 Å². The van der Waals surface area contributed by atoms with E-state index in [1.54, 1.807) is 11.2 Å². The van der Waals surface area contributed by atoms with Crippen molar-refractivity contribution in [3.63, 3.8) is 0 Å². The van der Waals surface area contributed by atoms with Crippen LogP contribution in [0.2, 0.25) is 0 Å². The van der Waals surface area contributed by atoms with Crippen molar-refractivity contribution in [2.75, 3.05) is 13.1 Å². The van der Waals surface area contributed by atoms with Crippen LogP contribution < -0.4 is 10.9 Å². The standard InChI is InChI=1S/C19H19N5/c20-13-24-11-10-18(12-24)19(21-14-22-23-19)17-8-6-16(7-9-17)15-4-2-1-3-5-15/h1-9,14,18,23H,10-12H2,(H,21,22). The first-order valence-corrected chi connectivity index (χ1v) is 8.19. The average molecular weight is 317 g/mol. The predicted molar refractivity (Wildman–Crippen MR) is 93.6 cm³/mol. The third-order valence-electron chi connectivity index (χ3n) is 4.95. The quantitative estimate of drug-likeness (QED) is 0.854. The largest absolute Gasteiger partial charge is 0.310 e. The van der Waals surface area contributed by atoms with E-state index in [4.69, 9.17) is 10.3 Å². The fourth-order valence-corrected chi connectivity index (χ4v) is 3.64. The second kappa shape index (κ2) is 5.99. The highest BCUT2D eigenvalue weighted by Gasteiger charge is 2.45. The molecule has 5 nitrogen and oxygen atoms in total. The lowest BCUT2D eigenvalue weighted by Crippen LogP contribution is -2.48. The van der Waals surface area contributed by atoms with Gasteiger partial charge < -0.3 is 10.3 Å². The SMILES string of the molecule is N#CN1CCC(C2(c3ccc(-c4ccccc4)cc3)N=CNN2)C1. The van der Waals surface area contributed by atoms with Crippen LogP contribution in [0.5, 0.6) is 0 Å². The molecule has 24 heavy (non-hydrogen) atoms. The van der Waals surface area contributed by atoms with E-state index in [0.717, 1.165) is 25.1 Å². The summed E-state index contributed by atoms with van der Waals surface area (Å²) in [4.78, 5) is 6.51. The van der Waals surface area contributed by atoms with Crippen molar-refractivity contribution < 1.29 is 0 Å². The summed E-state index contributed by atoms with van der Waals surface area (Å²) in [6.07, 6.45) is 4.90. The molecule has 1 fully saturated rings. The number of hydrogen-bond donors (Lipinski definition) is 2. The van der Waals surface area contributed by atoms with Gasteiger partial charge in [-0.1, -0.05) is 54.6 Å². The zero-order valence-electron chi connectivity index (χ0n) is 13.3. The molecule has 0 radical (unpaired) electrons. The van der Waals surface area contributed by atoms with E-state index in [0.29, 0.717) is 0 Å². The predicted octanol–water partition coefficient (Wildman–Crippen LogP) is 2.45. The van der Waals surface area contributed by atoms with Gasteiger partial charge in [-0.25, -0.2) is 10.4 Å². The summed E-state index contributed by atoms with van der Waals surface area (Å²) in [5, 5.41) is 9.15. The van der Waals surface area contributed by atoms with Crippen molar-refractivity contribution in [1.82, 2.24) is 15.8 Å². The molecule has 2 unspecified atom stereocenters. The molecule has 0 saturated carbocycles. The summed E-state index contributed by atoms with van der Waals surface area (Å²) in [6.45, 7) is 1.52. The Morgan fingerprint density at radius 2 is 1.83 bits per heavy atom. The van der Waals surface area contributed by atoms with Crippen LogP contribution in [0.1, 0.15) is 12.0 Å². The van der Waals surface area contributed by atoms with Gasteiger partial charge in [0.2, 0.25) is 0 Å². The number of rotatable bonds is 3. The lowest BCUT2D eigenvalue weighted by atomic mass is 9.85. The van der Waals surface area contributed by atoms with Gasteiger partial charge in [-0.15, -0.1) is 0 Å². The Kier molecular flexibility index (Phi) is 3.68. The third kappa shape index (κ3) is 2.41. The second-order valence-electron chi connectivity index (χ2n) is 6.27. The molecule has 2 aromatic rings. The van der Waals surface area contributed by atoms with Gasteiger partial charge in [-0.05, 0) is 23.1 Å². The average Bonchev–Trinajstić information content (AvgIpc) is 3.33. The summed E-state index contributed by atoms with van der Waals surface area (Å²) in [7, 11) is 0. The van der Waals surface area contributed by atoms with Gasteiger partial charge in [0, 0.05) is 19.0 Å². The molecule has 2 aliphatic heterocycles. The van der Waals surface area contributed by atoms with Gasteiger partial charge in [0.1, 0.15) is 0 Å². The molecule has 2 heterocycles. The van der Waals surface area contributed by atoms with E-state index >= 15 is 0 Å². The molecule has 2 atom stereocenters. The number of benzene rings is 2. The minimum atomic E-state index is -0.499. The Labute approximate surface area is 141 Å². The van der Waals surface area contributed by atoms with Crippen LogP contribution in [-0.4, -0.2) is 24.3 Å². The highest BCUT2D eigenvalue weighted by atomic mass is 15.5. The number of hydrazine groups is 1. The van der Waals surface area contributed by atoms with E-state index in [9.17, 15) is 0 Å². The van der Waals surface area contributed by atoms with E-state index in [2.05, 4.69) is 53.4 Å². The molecule has 0 bridgehead atoms. The van der Waals surface area contributed by atoms with E-state index < -0.39 is 5.66 Å². The second-order valence-corrected chi connectivity index (χ2v) is 6.27. The van der Waals surface area contributed by atoms with Gasteiger partial charge in [0.15, 0.2) is 11.9 Å². The highest BCUT2D eigenvalue weighted by molar-refractivity contribution is 5.64. The van der Waals surface area contributed by atoms with Crippen LogP contribution >= 0.6 is 0 Å². The molecule has 0 aromatic heterocycles. The number of nitriles is 1. The van der Waals surface area contributed by atoms with Crippen molar-refractivity contribution in [3.05, 3.63) is 60.2 Å². The summed E-state index contributed by atoms with van der Waals surface area (Å²) in [5.74, 6) is 0.256. The van der Waals surface area contributed by atoms with E-state index in [-0.39, 0.29) is 5.92 Å².